The number of nitrogens with one attached hydrogen (secondary N) is 1. The number of phenols is 2. The smallest absolute Gasteiger partial charge is 0.119 e. The zero-order valence-electron chi connectivity index (χ0n) is 9.99. The molecule has 0 aliphatic heterocycles. The summed E-state index contributed by atoms with van der Waals surface area (Å²) in [7, 11) is 0. The van der Waals surface area contributed by atoms with Crippen molar-refractivity contribution in [1.29, 1.82) is 0 Å². The van der Waals surface area contributed by atoms with Gasteiger partial charge in [0.05, 0.1) is 0 Å². The van der Waals surface area contributed by atoms with Crippen LogP contribution in [0.4, 0.5) is 0 Å². The van der Waals surface area contributed by atoms with Gasteiger partial charge in [-0.05, 0) is 36.5 Å². The molecule has 16 heavy (non-hydrogen) atoms. The fourth-order valence-corrected chi connectivity index (χ4v) is 2.02. The molecule has 3 heteroatoms. The predicted octanol–water partition coefficient (Wildman–Crippen LogP) is 2.55. The van der Waals surface area contributed by atoms with Crippen LogP contribution in [0.5, 0.6) is 11.5 Å². The number of phenolic OH excluding ortho intramolecular Hbond substituents is 2. The molecular weight excluding hydrogens is 202 g/mol. The van der Waals surface area contributed by atoms with Crippen molar-refractivity contribution < 1.29 is 10.2 Å². The fourth-order valence-electron chi connectivity index (χ4n) is 2.02. The summed E-state index contributed by atoms with van der Waals surface area (Å²) >= 11 is 0. The SMILES string of the molecule is CC(NC1CC1(C)C)c1cc(O)cc(O)c1. The molecule has 0 amide bonds. The maximum atomic E-state index is 9.41. The fraction of sp³-hybridized carbons (Fsp3) is 0.538. The Morgan fingerprint density at radius 3 is 2.19 bits per heavy atom. The van der Waals surface area contributed by atoms with Crippen molar-refractivity contribution >= 4 is 0 Å². The van der Waals surface area contributed by atoms with Crippen LogP contribution in [0.25, 0.3) is 0 Å². The molecule has 0 heterocycles. The molecule has 2 atom stereocenters. The van der Waals surface area contributed by atoms with Gasteiger partial charge in [0.2, 0.25) is 0 Å². The van der Waals surface area contributed by atoms with Crippen LogP contribution in [0.3, 0.4) is 0 Å². The Hall–Kier alpha value is -1.22. The van der Waals surface area contributed by atoms with E-state index in [1.54, 1.807) is 12.1 Å². The number of hydrogen-bond donors (Lipinski definition) is 3. The molecule has 0 saturated heterocycles. The first-order valence-corrected chi connectivity index (χ1v) is 5.67. The Bertz CT molecular complexity index is 381. The summed E-state index contributed by atoms with van der Waals surface area (Å²) in [6.45, 7) is 6.51. The van der Waals surface area contributed by atoms with Gasteiger partial charge in [-0.1, -0.05) is 13.8 Å². The van der Waals surface area contributed by atoms with Gasteiger partial charge in [-0.3, -0.25) is 0 Å². The molecule has 1 fully saturated rings. The molecule has 0 aromatic heterocycles. The first-order chi connectivity index (χ1) is 7.38. The van der Waals surface area contributed by atoms with Crippen molar-refractivity contribution in [3.05, 3.63) is 23.8 Å². The van der Waals surface area contributed by atoms with E-state index in [4.69, 9.17) is 0 Å². The average molecular weight is 221 g/mol. The highest BCUT2D eigenvalue weighted by atomic mass is 16.3. The van der Waals surface area contributed by atoms with E-state index in [-0.39, 0.29) is 17.5 Å². The molecule has 1 aliphatic rings. The average Bonchev–Trinajstić information content (AvgIpc) is 2.71. The third kappa shape index (κ3) is 2.30. The van der Waals surface area contributed by atoms with Crippen molar-refractivity contribution in [2.45, 2.75) is 39.3 Å². The second-order valence-electron chi connectivity index (χ2n) is 5.42. The number of benzene rings is 1. The monoisotopic (exact) mass is 221 g/mol. The Labute approximate surface area is 96.1 Å². The lowest BCUT2D eigenvalue weighted by atomic mass is 10.1. The summed E-state index contributed by atoms with van der Waals surface area (Å²) < 4.78 is 0. The van der Waals surface area contributed by atoms with Gasteiger partial charge in [0.25, 0.3) is 0 Å². The van der Waals surface area contributed by atoms with Gasteiger partial charge >= 0.3 is 0 Å². The Morgan fingerprint density at radius 2 is 1.75 bits per heavy atom. The lowest BCUT2D eigenvalue weighted by Crippen LogP contribution is -2.24. The molecule has 2 unspecified atom stereocenters. The van der Waals surface area contributed by atoms with Crippen molar-refractivity contribution in [2.24, 2.45) is 5.41 Å². The van der Waals surface area contributed by atoms with Crippen LogP contribution in [-0.4, -0.2) is 16.3 Å². The summed E-state index contributed by atoms with van der Waals surface area (Å²) in [5, 5.41) is 22.3. The Morgan fingerprint density at radius 1 is 1.25 bits per heavy atom. The summed E-state index contributed by atoms with van der Waals surface area (Å²) in [6.07, 6.45) is 1.18. The topological polar surface area (TPSA) is 52.5 Å². The summed E-state index contributed by atoms with van der Waals surface area (Å²) in [4.78, 5) is 0. The van der Waals surface area contributed by atoms with E-state index >= 15 is 0 Å². The lowest BCUT2D eigenvalue weighted by Gasteiger charge is -2.16. The maximum Gasteiger partial charge on any atom is 0.119 e. The highest BCUT2D eigenvalue weighted by molar-refractivity contribution is 5.38. The minimum atomic E-state index is 0.110. The zero-order valence-corrected chi connectivity index (χ0v) is 9.99. The number of rotatable bonds is 3. The summed E-state index contributed by atoms with van der Waals surface area (Å²) in [5.74, 6) is 0.220. The molecular formula is C13H19NO2. The van der Waals surface area contributed by atoms with Crippen molar-refractivity contribution in [3.8, 4) is 11.5 Å². The van der Waals surface area contributed by atoms with Crippen LogP contribution in [0.1, 0.15) is 38.8 Å². The van der Waals surface area contributed by atoms with Gasteiger partial charge in [0.15, 0.2) is 0 Å². The van der Waals surface area contributed by atoms with Gasteiger partial charge in [-0.15, -0.1) is 0 Å². The number of hydrogen-bond acceptors (Lipinski definition) is 3. The molecule has 3 N–H and O–H groups in total. The summed E-state index contributed by atoms with van der Waals surface area (Å²) in [6, 6.07) is 5.40. The molecule has 2 rings (SSSR count). The molecule has 1 saturated carbocycles. The predicted molar refractivity (Wildman–Crippen MR) is 63.5 cm³/mol. The third-order valence-corrected chi connectivity index (χ3v) is 3.39. The normalized spacial score (nSPS) is 24.1. The minimum Gasteiger partial charge on any atom is -0.508 e. The zero-order chi connectivity index (χ0) is 11.9. The van der Waals surface area contributed by atoms with Gasteiger partial charge in [0.1, 0.15) is 11.5 Å². The highest BCUT2D eigenvalue weighted by Crippen LogP contribution is 2.45. The van der Waals surface area contributed by atoms with Crippen molar-refractivity contribution in [1.82, 2.24) is 5.32 Å². The molecule has 0 spiro atoms. The van der Waals surface area contributed by atoms with E-state index in [1.165, 1.54) is 12.5 Å². The van der Waals surface area contributed by atoms with Gasteiger partial charge in [-0.25, -0.2) is 0 Å². The largest absolute Gasteiger partial charge is 0.508 e. The summed E-state index contributed by atoms with van der Waals surface area (Å²) in [5.41, 5.74) is 1.30. The molecule has 1 aromatic rings. The molecule has 88 valence electrons. The van der Waals surface area contributed by atoms with E-state index in [1.807, 2.05) is 6.92 Å². The molecule has 3 nitrogen and oxygen atoms in total. The first kappa shape index (κ1) is 11.3. The number of aromatic hydroxyl groups is 2. The van der Waals surface area contributed by atoms with Crippen LogP contribution in [0, 0.1) is 5.41 Å². The molecule has 0 bridgehead atoms. The Kier molecular flexibility index (Phi) is 2.58. The quantitative estimate of drug-likeness (QED) is 0.735. The molecule has 1 aromatic carbocycles. The van der Waals surface area contributed by atoms with Crippen LogP contribution in [0.2, 0.25) is 0 Å². The molecule has 1 aliphatic carbocycles. The third-order valence-electron chi connectivity index (χ3n) is 3.39. The van der Waals surface area contributed by atoms with Gasteiger partial charge in [-0.2, -0.15) is 0 Å². The van der Waals surface area contributed by atoms with Gasteiger partial charge < -0.3 is 15.5 Å². The van der Waals surface area contributed by atoms with E-state index in [9.17, 15) is 10.2 Å². The second kappa shape index (κ2) is 3.67. The van der Waals surface area contributed by atoms with E-state index < -0.39 is 0 Å². The Balaban J connectivity index is 2.06. The maximum absolute atomic E-state index is 9.41. The lowest BCUT2D eigenvalue weighted by molar-refractivity contribution is 0.443. The van der Waals surface area contributed by atoms with Crippen LogP contribution < -0.4 is 5.32 Å². The van der Waals surface area contributed by atoms with Crippen molar-refractivity contribution in [2.75, 3.05) is 0 Å². The standard InChI is InChI=1S/C13H19NO2/c1-8(14-12-7-13(12,2)3)9-4-10(15)6-11(16)5-9/h4-6,8,12,14-16H,7H2,1-3H3. The van der Waals surface area contributed by atoms with Crippen LogP contribution in [-0.2, 0) is 0 Å². The molecule has 0 radical (unpaired) electrons. The minimum absolute atomic E-state index is 0.110. The first-order valence-electron chi connectivity index (χ1n) is 5.67. The van der Waals surface area contributed by atoms with E-state index in [0.29, 0.717) is 11.5 Å². The van der Waals surface area contributed by atoms with Crippen molar-refractivity contribution in [3.63, 3.8) is 0 Å². The van der Waals surface area contributed by atoms with Gasteiger partial charge in [0, 0.05) is 18.2 Å². The van der Waals surface area contributed by atoms with Crippen LogP contribution >= 0.6 is 0 Å². The van der Waals surface area contributed by atoms with Crippen LogP contribution in [0.15, 0.2) is 18.2 Å². The van der Waals surface area contributed by atoms with E-state index in [2.05, 4.69) is 19.2 Å². The van der Waals surface area contributed by atoms with E-state index in [0.717, 1.165) is 5.56 Å². The highest BCUT2D eigenvalue weighted by Gasteiger charge is 2.45. The second-order valence-corrected chi connectivity index (χ2v) is 5.42.